The number of benzene rings is 7. The second-order valence-corrected chi connectivity index (χ2v) is 22.6. The zero-order valence-electron chi connectivity index (χ0n) is 45.1. The average molecular weight is 1310 g/mol. The van der Waals surface area contributed by atoms with Gasteiger partial charge in [-0.2, -0.15) is 8.42 Å². The number of aliphatic carboxylic acids is 1. The smallest absolute Gasteiger partial charge is 0.446 e. The molecule has 0 spiro atoms. The fraction of sp³-hybridized carbons (Fsp3) is 0.155. The molecule has 0 fully saturated rings. The molecule has 13 rings (SSSR count). The number of aliphatic hydroxyl groups excluding tert-OH is 7. The number of halogens is 3. The Morgan fingerprint density at radius 2 is 1.10 bits per heavy atom. The number of carbonyl (C=O) groups is 1. The lowest BCUT2D eigenvalue weighted by atomic mass is 9.90. The predicted molar refractivity (Wildman–Crippen MR) is 322 cm³/mol. The Morgan fingerprint density at radius 1 is 0.533 bits per heavy atom. The highest BCUT2D eigenvalue weighted by Gasteiger charge is 2.38. The molecule has 0 unspecified atom stereocenters. The summed E-state index contributed by atoms with van der Waals surface area (Å²) in [5, 5.41) is 153. The van der Waals surface area contributed by atoms with Crippen LogP contribution in [0.4, 0.5) is 0 Å². The lowest BCUT2D eigenvalue weighted by Gasteiger charge is -2.25. The van der Waals surface area contributed by atoms with Crippen LogP contribution in [-0.2, 0) is 21.6 Å². The summed E-state index contributed by atoms with van der Waals surface area (Å²) in [5.74, 6) is -15.9. The molecule has 0 saturated heterocycles. The first kappa shape index (κ1) is 61.4. The molecule has 16 N–H and O–H groups in total. The van der Waals surface area contributed by atoms with E-state index < -0.39 is 191 Å². The van der Waals surface area contributed by atoms with Gasteiger partial charge >= 0.3 is 16.4 Å². The molecule has 0 radical (unpaired) electrons. The fourth-order valence-electron chi connectivity index (χ4n) is 10.1. The normalized spacial score (nSPS) is 21.6. The minimum Gasteiger partial charge on any atom is -0.508 e. The maximum atomic E-state index is 13.1. The molecule has 28 nitrogen and oxygen atoms in total. The molecule has 7 aromatic rings. The number of phenolic OH excluding ortho intramolecular Hbond substituents is 5. The van der Waals surface area contributed by atoms with Gasteiger partial charge in [0.15, 0.2) is 53.2 Å². The Morgan fingerprint density at radius 3 is 1.73 bits per heavy atom. The molecule has 6 aliphatic heterocycles. The Hall–Kier alpha value is -10.3. The Labute approximate surface area is 520 Å². The van der Waals surface area contributed by atoms with Crippen molar-refractivity contribution in [2.75, 3.05) is 0 Å². The first-order valence-electron chi connectivity index (χ1n) is 26.1. The highest BCUT2D eigenvalue weighted by atomic mass is 35.5. The molecule has 0 amide bonds. The molecule has 464 valence electrons. The monoisotopic (exact) mass is 1310 g/mol. The summed E-state index contributed by atoms with van der Waals surface area (Å²) >= 11 is 20.4. The molecule has 0 saturated carbocycles. The number of nitrogens with two attached hydrogens (primary N) is 1. The minimum atomic E-state index is -5.25. The lowest BCUT2D eigenvalue weighted by molar-refractivity contribution is -0.138. The van der Waals surface area contributed by atoms with Crippen molar-refractivity contribution in [3.8, 4) is 80.1 Å². The summed E-state index contributed by atoms with van der Waals surface area (Å²) in [6.07, 6.45) is -2.56. The molecule has 32 heteroatoms. The minimum absolute atomic E-state index is 0.0195. The van der Waals surface area contributed by atoms with E-state index in [2.05, 4.69) is 30.0 Å². The number of nitrogens with zero attached hydrogens (tertiary/aromatic N) is 6. The van der Waals surface area contributed by atoms with Crippen LogP contribution in [0.25, 0.3) is 11.1 Å². The van der Waals surface area contributed by atoms with Gasteiger partial charge < -0.3 is 90.5 Å². The summed E-state index contributed by atoms with van der Waals surface area (Å²) in [4.78, 5) is 38.8. The van der Waals surface area contributed by atoms with Gasteiger partial charge in [-0.1, -0.05) is 53.0 Å². The van der Waals surface area contributed by atoms with Crippen molar-refractivity contribution in [1.82, 2.24) is 0 Å². The van der Waals surface area contributed by atoms with Crippen molar-refractivity contribution in [1.29, 1.82) is 0 Å². The molecule has 6 aliphatic rings. The highest BCUT2D eigenvalue weighted by Crippen LogP contribution is 2.50. The molecule has 0 aromatic heterocycles. The number of carboxylic acid groups (broad SMARTS) is 1. The Balaban J connectivity index is 1.23. The number of hydrogen-bond acceptors (Lipinski definition) is 20. The van der Waals surface area contributed by atoms with Gasteiger partial charge in [-0.3, -0.25) is 4.55 Å². The van der Waals surface area contributed by atoms with Crippen LogP contribution >= 0.6 is 34.8 Å². The van der Waals surface area contributed by atoms with Crippen molar-refractivity contribution >= 4 is 86.6 Å². The second-order valence-electron chi connectivity index (χ2n) is 20.4. The van der Waals surface area contributed by atoms with Gasteiger partial charge in [0, 0.05) is 35.2 Å². The molecular weight excluding hydrogens is 1270 g/mol. The van der Waals surface area contributed by atoms with Crippen LogP contribution in [0.1, 0.15) is 75.3 Å². The molecule has 90 heavy (non-hydrogen) atoms. The van der Waals surface area contributed by atoms with Crippen LogP contribution < -0.4 is 24.1 Å². The largest absolute Gasteiger partial charge is 0.508 e. The van der Waals surface area contributed by atoms with Gasteiger partial charge in [0.2, 0.25) is 41.1 Å². The van der Waals surface area contributed by atoms with Gasteiger partial charge in [-0.25, -0.2) is 34.7 Å². The molecule has 17 bridgehead atoms. The number of aromatic hydroxyl groups is 5. The van der Waals surface area contributed by atoms with E-state index in [1.54, 1.807) is 0 Å². The molecule has 6 heterocycles. The van der Waals surface area contributed by atoms with E-state index >= 15 is 0 Å². The maximum absolute atomic E-state index is 13.1. The number of fused-ring (bicyclic) bond motifs is 12. The number of aliphatic imine (C=N–C) groups is 6. The molecule has 0 aliphatic carbocycles. The van der Waals surface area contributed by atoms with Crippen molar-refractivity contribution in [3.63, 3.8) is 0 Å². The topological polar surface area (TPSA) is 472 Å². The van der Waals surface area contributed by atoms with Crippen LogP contribution in [0.2, 0.25) is 15.1 Å². The number of ether oxygens (including phenoxy) is 3. The van der Waals surface area contributed by atoms with Crippen LogP contribution in [0.3, 0.4) is 0 Å². The lowest BCUT2D eigenvalue weighted by Crippen LogP contribution is -2.31. The van der Waals surface area contributed by atoms with E-state index in [0.717, 1.165) is 72.8 Å². The van der Waals surface area contributed by atoms with E-state index in [1.165, 1.54) is 36.4 Å². The summed E-state index contributed by atoms with van der Waals surface area (Å²) in [7, 11) is -5.25. The van der Waals surface area contributed by atoms with E-state index in [4.69, 9.17) is 58.9 Å². The SMILES string of the molecule is N[C@H]1C(O)=N[C@@H]2Cc3ccc(c(Cl)c3)Oc3cc4cc(c3O)Oc3ccc(cc3Cl)[C@@H](O)[C@H]3N=C(O)[C@H](N=C(O)[C@@H]4N=C(O)[C@@H](N=C2O)c2cc(O)cc(c2)Oc2cc1ccc2OS(=O)(=O)O)c1cc(Cl)c(O)c(c1)-c1c(O)cc(O)cc1[C@@H](C(=O)O)N=C3O. The number of aliphatic hydroxyl groups is 7. The number of carboxylic acids is 1. The van der Waals surface area contributed by atoms with Crippen LogP contribution in [0.5, 0.6) is 69.0 Å². The molecular formula is C58H44Cl3N7O21S. The first-order chi connectivity index (χ1) is 42.6. The standard InChI is InChI=1S/C58H44Cl3N7O21S/c59-31-7-20-1-4-36(31)87-40-15-25-16-41(51(40)74)88-37-5-3-22(12-32(37)60)49(72)48-57(80)67-47(58(81)82)29-18-27(70)19-35(71)42(29)30-11-24(13-33(61)50(30)73)45(56(79)68-48)65-55(78)46(25)66-54(77)44-23-9-26(69)17-28(10-23)86-39-14-21(2-6-38(39)89-90(83,84)85)43(62)53(76)63-34(8-20)52(75)64-44/h1-7,9-19,34,43-49,69-74H,8,62H2,(H,63,76)(H,64,75)(H,65,78)(H,66,77)(H,67,80)(H,68,79)(H,81,82)(H,83,84,85)/t34-,43-,44+,45-,46-,47+,48-,49-/m1/s1. The van der Waals surface area contributed by atoms with Crippen LogP contribution in [0, 0.1) is 0 Å². The summed E-state index contributed by atoms with van der Waals surface area (Å²) in [6.45, 7) is 0. The predicted octanol–water partition coefficient (Wildman–Crippen LogP) is 10.2. The van der Waals surface area contributed by atoms with Gasteiger partial charge in [0.05, 0.1) is 15.1 Å². The van der Waals surface area contributed by atoms with Gasteiger partial charge in [-0.05, 0) is 112 Å². The van der Waals surface area contributed by atoms with Gasteiger partial charge in [-0.15, -0.1) is 0 Å². The van der Waals surface area contributed by atoms with Crippen LogP contribution in [0.15, 0.2) is 139 Å². The number of hydrogen-bond donors (Lipinski definition) is 15. The average Bonchev–Trinajstić information content (AvgIpc) is 0.775. The van der Waals surface area contributed by atoms with E-state index in [0.29, 0.717) is 0 Å². The molecule has 7 aromatic carbocycles. The first-order valence-corrected chi connectivity index (χ1v) is 28.6. The van der Waals surface area contributed by atoms with E-state index in [1.807, 2.05) is 0 Å². The van der Waals surface area contributed by atoms with Crippen molar-refractivity contribution in [2.24, 2.45) is 35.7 Å². The zero-order valence-corrected chi connectivity index (χ0v) is 48.2. The third-order valence-electron chi connectivity index (χ3n) is 14.3. The van der Waals surface area contributed by atoms with E-state index in [-0.39, 0.29) is 49.4 Å². The summed E-state index contributed by atoms with van der Waals surface area (Å²) < 4.78 is 57.0. The van der Waals surface area contributed by atoms with Crippen molar-refractivity contribution in [3.05, 3.63) is 163 Å². The maximum Gasteiger partial charge on any atom is 0.446 e. The third kappa shape index (κ3) is 12.2. The second kappa shape index (κ2) is 23.7. The van der Waals surface area contributed by atoms with Gasteiger partial charge in [0.1, 0.15) is 58.4 Å². The Kier molecular flexibility index (Phi) is 16.2. The highest BCUT2D eigenvalue weighted by molar-refractivity contribution is 7.81. The number of phenols is 5. The quantitative estimate of drug-likeness (QED) is 0.0731. The van der Waals surface area contributed by atoms with E-state index in [9.17, 15) is 84.1 Å². The van der Waals surface area contributed by atoms with Gasteiger partial charge in [0.25, 0.3) is 0 Å². The Bertz CT molecular complexity index is 4490. The molecule has 8 atom stereocenters. The fourth-order valence-corrected chi connectivity index (χ4v) is 11.2. The van der Waals surface area contributed by atoms with Crippen LogP contribution in [-0.4, -0.2) is 133 Å². The number of rotatable bonds is 3. The van der Waals surface area contributed by atoms with Crippen molar-refractivity contribution in [2.45, 2.75) is 54.8 Å². The van der Waals surface area contributed by atoms with Crippen molar-refractivity contribution < 1.29 is 103 Å². The summed E-state index contributed by atoms with van der Waals surface area (Å²) in [6, 6.07) is 5.15. The summed E-state index contributed by atoms with van der Waals surface area (Å²) in [5.41, 5.74) is 3.69. The zero-order chi connectivity index (χ0) is 64.5. The third-order valence-corrected chi connectivity index (χ3v) is 15.6.